The lowest BCUT2D eigenvalue weighted by Crippen LogP contribution is -2.07. The molecule has 0 radical (unpaired) electrons. The Morgan fingerprint density at radius 1 is 0.889 bits per heavy atom. The molecule has 0 spiro atoms. The Kier molecular flexibility index (Phi) is 9.62. The molecule has 18 heavy (non-hydrogen) atoms. The first kappa shape index (κ1) is 16.4. The van der Waals surface area contributed by atoms with Crippen LogP contribution in [0.1, 0.15) is 45.4 Å². The molecule has 0 heterocycles. The predicted octanol–water partition coefficient (Wildman–Crippen LogP) is 1.52. The smallest absolute Gasteiger partial charge is 0.305 e. The van der Waals surface area contributed by atoms with Crippen LogP contribution >= 0.6 is 0 Å². The first-order chi connectivity index (χ1) is 8.52. The zero-order chi connectivity index (χ0) is 13.8. The number of ether oxygens (including phenoxy) is 2. The molecule has 0 atom stereocenters. The SMILES string of the molecule is CC(=O)OCCCCC(=O)OCCCCC(=O)O. The normalized spacial score (nSPS) is 9.83. The molecule has 0 saturated heterocycles. The van der Waals surface area contributed by atoms with Crippen molar-refractivity contribution < 1.29 is 29.0 Å². The Labute approximate surface area is 106 Å². The van der Waals surface area contributed by atoms with Gasteiger partial charge in [0.1, 0.15) is 0 Å². The molecule has 0 saturated carbocycles. The quantitative estimate of drug-likeness (QED) is 0.473. The van der Waals surface area contributed by atoms with E-state index in [0.717, 1.165) is 0 Å². The first-order valence-corrected chi connectivity index (χ1v) is 6.03. The van der Waals surface area contributed by atoms with Gasteiger partial charge in [-0.15, -0.1) is 0 Å². The number of esters is 2. The van der Waals surface area contributed by atoms with E-state index in [1.165, 1.54) is 6.92 Å². The molecule has 0 bridgehead atoms. The summed E-state index contributed by atoms with van der Waals surface area (Å²) < 4.78 is 9.62. The van der Waals surface area contributed by atoms with Gasteiger partial charge >= 0.3 is 17.9 Å². The molecule has 0 unspecified atom stereocenters. The number of carbonyl (C=O) groups is 3. The van der Waals surface area contributed by atoms with E-state index < -0.39 is 5.97 Å². The van der Waals surface area contributed by atoms with Crippen molar-refractivity contribution in [3.63, 3.8) is 0 Å². The van der Waals surface area contributed by atoms with E-state index in [2.05, 4.69) is 0 Å². The topological polar surface area (TPSA) is 89.9 Å². The number of hydrogen-bond donors (Lipinski definition) is 1. The van der Waals surface area contributed by atoms with Crippen molar-refractivity contribution in [2.75, 3.05) is 13.2 Å². The summed E-state index contributed by atoms with van der Waals surface area (Å²) in [5.41, 5.74) is 0. The largest absolute Gasteiger partial charge is 0.481 e. The van der Waals surface area contributed by atoms with Crippen LogP contribution in [0.3, 0.4) is 0 Å². The lowest BCUT2D eigenvalue weighted by molar-refractivity contribution is -0.143. The Morgan fingerprint density at radius 3 is 2.00 bits per heavy atom. The van der Waals surface area contributed by atoms with Gasteiger partial charge in [-0.3, -0.25) is 14.4 Å². The molecular weight excluding hydrogens is 240 g/mol. The highest BCUT2D eigenvalue weighted by atomic mass is 16.5. The molecule has 0 rings (SSSR count). The van der Waals surface area contributed by atoms with Crippen molar-refractivity contribution in [2.45, 2.75) is 45.4 Å². The van der Waals surface area contributed by atoms with Crippen molar-refractivity contribution in [2.24, 2.45) is 0 Å². The summed E-state index contributed by atoms with van der Waals surface area (Å²) in [4.78, 5) is 31.8. The van der Waals surface area contributed by atoms with Crippen LogP contribution in [0.15, 0.2) is 0 Å². The molecule has 0 fully saturated rings. The third-order valence-corrected chi connectivity index (χ3v) is 2.13. The zero-order valence-electron chi connectivity index (χ0n) is 10.6. The average Bonchev–Trinajstić information content (AvgIpc) is 2.27. The van der Waals surface area contributed by atoms with Crippen LogP contribution in [0.25, 0.3) is 0 Å². The van der Waals surface area contributed by atoms with Crippen molar-refractivity contribution >= 4 is 17.9 Å². The second-order valence-corrected chi connectivity index (χ2v) is 3.87. The van der Waals surface area contributed by atoms with E-state index in [9.17, 15) is 14.4 Å². The summed E-state index contributed by atoms with van der Waals surface area (Å²) in [7, 11) is 0. The van der Waals surface area contributed by atoms with E-state index in [-0.39, 0.29) is 25.0 Å². The summed E-state index contributed by atoms with van der Waals surface area (Å²) in [6.45, 7) is 1.92. The fourth-order valence-electron chi connectivity index (χ4n) is 1.22. The lowest BCUT2D eigenvalue weighted by Gasteiger charge is -2.04. The Balaban J connectivity index is 3.27. The molecule has 0 amide bonds. The zero-order valence-corrected chi connectivity index (χ0v) is 10.6. The summed E-state index contributed by atoms with van der Waals surface area (Å²) >= 11 is 0. The molecule has 6 nitrogen and oxygen atoms in total. The van der Waals surface area contributed by atoms with E-state index in [4.69, 9.17) is 14.6 Å². The minimum absolute atomic E-state index is 0.0972. The molecule has 0 aromatic rings. The number of carboxylic acids is 1. The third-order valence-electron chi connectivity index (χ3n) is 2.13. The Bertz CT molecular complexity index is 248. The van der Waals surface area contributed by atoms with Crippen LogP contribution in [0.2, 0.25) is 0 Å². The average molecular weight is 260 g/mol. The van der Waals surface area contributed by atoms with Gasteiger partial charge in [-0.1, -0.05) is 0 Å². The fraction of sp³-hybridized carbons (Fsp3) is 0.750. The van der Waals surface area contributed by atoms with Crippen LogP contribution < -0.4 is 0 Å². The van der Waals surface area contributed by atoms with Gasteiger partial charge in [-0.25, -0.2) is 0 Å². The van der Waals surface area contributed by atoms with Crippen molar-refractivity contribution in [3.8, 4) is 0 Å². The van der Waals surface area contributed by atoms with Gasteiger partial charge in [0, 0.05) is 19.8 Å². The standard InChI is InChI=1S/C12H20O6/c1-10(13)17-8-5-3-7-12(16)18-9-4-2-6-11(14)15/h2-9H2,1H3,(H,14,15). The molecule has 0 aliphatic carbocycles. The lowest BCUT2D eigenvalue weighted by atomic mass is 10.2. The highest BCUT2D eigenvalue weighted by Gasteiger charge is 2.03. The number of unbranched alkanes of at least 4 members (excludes halogenated alkanes) is 2. The summed E-state index contributed by atoms with van der Waals surface area (Å²) in [6, 6.07) is 0. The maximum absolute atomic E-state index is 11.2. The number of rotatable bonds is 10. The van der Waals surface area contributed by atoms with Gasteiger partial charge in [-0.05, 0) is 25.7 Å². The van der Waals surface area contributed by atoms with Crippen LogP contribution in [0.5, 0.6) is 0 Å². The third kappa shape index (κ3) is 12.5. The van der Waals surface area contributed by atoms with Gasteiger partial charge in [0.25, 0.3) is 0 Å². The van der Waals surface area contributed by atoms with Gasteiger partial charge in [-0.2, -0.15) is 0 Å². The molecule has 0 aromatic heterocycles. The van der Waals surface area contributed by atoms with Gasteiger partial charge in [0.05, 0.1) is 13.2 Å². The highest BCUT2D eigenvalue weighted by molar-refractivity contribution is 5.69. The number of aliphatic carboxylic acids is 1. The maximum atomic E-state index is 11.2. The molecule has 104 valence electrons. The fourth-order valence-corrected chi connectivity index (χ4v) is 1.22. The minimum atomic E-state index is -0.841. The second-order valence-electron chi connectivity index (χ2n) is 3.87. The van der Waals surface area contributed by atoms with E-state index in [1.54, 1.807) is 0 Å². The molecule has 0 aliphatic rings. The Hall–Kier alpha value is -1.59. The molecule has 1 N–H and O–H groups in total. The van der Waals surface area contributed by atoms with E-state index >= 15 is 0 Å². The van der Waals surface area contributed by atoms with Gasteiger partial charge in [0.2, 0.25) is 0 Å². The second kappa shape index (κ2) is 10.6. The Morgan fingerprint density at radius 2 is 1.44 bits per heavy atom. The van der Waals surface area contributed by atoms with Crippen molar-refractivity contribution in [1.29, 1.82) is 0 Å². The predicted molar refractivity (Wildman–Crippen MR) is 62.9 cm³/mol. The van der Waals surface area contributed by atoms with Gasteiger partial charge < -0.3 is 14.6 Å². The monoisotopic (exact) mass is 260 g/mol. The van der Waals surface area contributed by atoms with Crippen LogP contribution in [0, 0.1) is 0 Å². The first-order valence-electron chi connectivity index (χ1n) is 6.03. The summed E-state index contributed by atoms with van der Waals surface area (Å²) in [5.74, 6) is -1.46. The summed E-state index contributed by atoms with van der Waals surface area (Å²) in [6.07, 6.45) is 2.70. The molecule has 0 aromatic carbocycles. The molecule has 0 aliphatic heterocycles. The molecular formula is C12H20O6. The van der Waals surface area contributed by atoms with Crippen molar-refractivity contribution in [1.82, 2.24) is 0 Å². The van der Waals surface area contributed by atoms with E-state index in [1.807, 2.05) is 0 Å². The number of carbonyl (C=O) groups excluding carboxylic acids is 2. The van der Waals surface area contributed by atoms with Crippen molar-refractivity contribution in [3.05, 3.63) is 0 Å². The van der Waals surface area contributed by atoms with E-state index in [0.29, 0.717) is 38.7 Å². The van der Waals surface area contributed by atoms with Crippen LogP contribution in [-0.2, 0) is 23.9 Å². The maximum Gasteiger partial charge on any atom is 0.305 e. The summed E-state index contributed by atoms with van der Waals surface area (Å²) in [5, 5.41) is 8.38. The van der Waals surface area contributed by atoms with Crippen LogP contribution in [-0.4, -0.2) is 36.2 Å². The van der Waals surface area contributed by atoms with Crippen LogP contribution in [0.4, 0.5) is 0 Å². The highest BCUT2D eigenvalue weighted by Crippen LogP contribution is 2.01. The number of hydrogen-bond acceptors (Lipinski definition) is 5. The number of carboxylic acid groups (broad SMARTS) is 1. The molecule has 6 heteroatoms. The minimum Gasteiger partial charge on any atom is -0.481 e. The van der Waals surface area contributed by atoms with Gasteiger partial charge in [0.15, 0.2) is 0 Å².